The summed E-state index contributed by atoms with van der Waals surface area (Å²) < 4.78 is 3.94. The summed E-state index contributed by atoms with van der Waals surface area (Å²) in [6.07, 6.45) is 0. The molecule has 0 saturated carbocycles. The zero-order chi connectivity index (χ0) is 14.2. The van der Waals surface area contributed by atoms with Gasteiger partial charge in [-0.15, -0.1) is 0 Å². The van der Waals surface area contributed by atoms with Gasteiger partial charge in [0.1, 0.15) is 0 Å². The van der Waals surface area contributed by atoms with Crippen molar-refractivity contribution in [2.75, 3.05) is 0 Å². The predicted octanol–water partition coefficient (Wildman–Crippen LogP) is 3.22. The Hall–Kier alpha value is -1.11. The van der Waals surface area contributed by atoms with Crippen molar-refractivity contribution >= 4 is 37.8 Å². The van der Waals surface area contributed by atoms with E-state index in [0.717, 1.165) is 26.0 Å². The van der Waals surface area contributed by atoms with Crippen LogP contribution >= 0.6 is 31.9 Å². The van der Waals surface area contributed by atoms with E-state index >= 15 is 0 Å². The monoisotopic (exact) mass is 385 g/mol. The number of carbonyl (C=O) groups excluding carboxylic acids is 1. The van der Waals surface area contributed by atoms with E-state index in [-0.39, 0.29) is 5.91 Å². The van der Waals surface area contributed by atoms with Crippen LogP contribution in [0.25, 0.3) is 5.69 Å². The molecular formula is C13H13Br2N3O. The minimum Gasteiger partial charge on any atom is -0.317 e. The largest absolute Gasteiger partial charge is 0.317 e. The lowest BCUT2D eigenvalue weighted by molar-refractivity contribution is 0.0953. The standard InChI is InChI=1S/C13H13Br2N3O/c1-7-5-10(13(19)17-16)8(2)18(7)12-6-9(14)3-4-11(12)15/h3-6H,16H2,1-2H3,(H,17,19). The highest BCUT2D eigenvalue weighted by Crippen LogP contribution is 2.29. The third-order valence-electron chi connectivity index (χ3n) is 2.96. The third-order valence-corrected chi connectivity index (χ3v) is 4.12. The molecule has 6 heteroatoms. The fraction of sp³-hybridized carbons (Fsp3) is 0.154. The Bertz CT molecular complexity index is 650. The minimum atomic E-state index is -0.287. The van der Waals surface area contributed by atoms with Crippen LogP contribution in [0.3, 0.4) is 0 Å². The quantitative estimate of drug-likeness (QED) is 0.473. The van der Waals surface area contributed by atoms with E-state index in [1.807, 2.05) is 42.7 Å². The van der Waals surface area contributed by atoms with Crippen LogP contribution in [-0.2, 0) is 0 Å². The Morgan fingerprint density at radius 3 is 2.58 bits per heavy atom. The molecule has 0 unspecified atom stereocenters. The number of hydrazine groups is 1. The van der Waals surface area contributed by atoms with Gasteiger partial charge in [-0.1, -0.05) is 15.9 Å². The zero-order valence-corrected chi connectivity index (χ0v) is 13.7. The summed E-state index contributed by atoms with van der Waals surface area (Å²) >= 11 is 6.99. The van der Waals surface area contributed by atoms with E-state index in [0.29, 0.717) is 5.56 Å². The number of rotatable bonds is 2. The second-order valence-corrected chi connectivity index (χ2v) is 5.96. The predicted molar refractivity (Wildman–Crippen MR) is 82.3 cm³/mol. The molecule has 3 N–H and O–H groups in total. The van der Waals surface area contributed by atoms with Crippen molar-refractivity contribution < 1.29 is 4.79 Å². The second-order valence-electron chi connectivity index (χ2n) is 4.19. The van der Waals surface area contributed by atoms with Crippen LogP contribution < -0.4 is 11.3 Å². The molecule has 1 aromatic heterocycles. The summed E-state index contributed by atoms with van der Waals surface area (Å²) in [5.41, 5.74) is 5.53. The van der Waals surface area contributed by atoms with Crippen LogP contribution in [0.2, 0.25) is 0 Å². The number of hydrogen-bond acceptors (Lipinski definition) is 2. The first-order valence-corrected chi connectivity index (χ1v) is 7.19. The number of nitrogens with two attached hydrogens (primary N) is 1. The molecule has 0 fully saturated rings. The van der Waals surface area contributed by atoms with Gasteiger partial charge in [0, 0.05) is 20.3 Å². The highest BCUT2D eigenvalue weighted by Gasteiger charge is 2.17. The van der Waals surface area contributed by atoms with Gasteiger partial charge in [-0.3, -0.25) is 10.2 Å². The van der Waals surface area contributed by atoms with Crippen LogP contribution in [0.4, 0.5) is 0 Å². The maximum Gasteiger partial charge on any atom is 0.267 e. The molecular weight excluding hydrogens is 374 g/mol. The van der Waals surface area contributed by atoms with Crippen molar-refractivity contribution in [1.29, 1.82) is 0 Å². The normalized spacial score (nSPS) is 10.6. The number of nitrogen functional groups attached to an aromatic ring is 1. The van der Waals surface area contributed by atoms with E-state index in [2.05, 4.69) is 37.3 Å². The summed E-state index contributed by atoms with van der Waals surface area (Å²) in [6.45, 7) is 3.85. The molecule has 0 aliphatic heterocycles. The van der Waals surface area contributed by atoms with E-state index in [1.54, 1.807) is 0 Å². The molecule has 0 bridgehead atoms. The van der Waals surface area contributed by atoms with E-state index in [9.17, 15) is 4.79 Å². The molecule has 4 nitrogen and oxygen atoms in total. The fourth-order valence-corrected chi connectivity index (χ4v) is 2.87. The number of aromatic nitrogens is 1. The Kier molecular flexibility index (Phi) is 4.13. The highest BCUT2D eigenvalue weighted by atomic mass is 79.9. The van der Waals surface area contributed by atoms with Crippen LogP contribution in [0, 0.1) is 13.8 Å². The van der Waals surface area contributed by atoms with Gasteiger partial charge in [0.2, 0.25) is 0 Å². The number of nitrogens with zero attached hydrogens (tertiary/aromatic N) is 1. The van der Waals surface area contributed by atoms with Crippen molar-refractivity contribution in [2.24, 2.45) is 5.84 Å². The molecule has 0 saturated heterocycles. The Balaban J connectivity index is 2.66. The van der Waals surface area contributed by atoms with Gasteiger partial charge in [0.25, 0.3) is 5.91 Å². The lowest BCUT2D eigenvalue weighted by Crippen LogP contribution is -2.30. The number of benzene rings is 1. The van der Waals surface area contributed by atoms with Crippen molar-refractivity contribution in [3.8, 4) is 5.69 Å². The fourth-order valence-electron chi connectivity index (χ4n) is 2.10. The van der Waals surface area contributed by atoms with Gasteiger partial charge in [-0.2, -0.15) is 0 Å². The second kappa shape index (κ2) is 5.48. The van der Waals surface area contributed by atoms with Crippen LogP contribution in [0.5, 0.6) is 0 Å². The molecule has 0 atom stereocenters. The zero-order valence-electron chi connectivity index (χ0n) is 10.5. The SMILES string of the molecule is Cc1cc(C(=O)NN)c(C)n1-c1cc(Br)ccc1Br. The maximum atomic E-state index is 11.7. The molecule has 0 aliphatic rings. The Morgan fingerprint density at radius 2 is 1.95 bits per heavy atom. The summed E-state index contributed by atoms with van der Waals surface area (Å²) in [6, 6.07) is 7.73. The number of aryl methyl sites for hydroxylation is 1. The molecule has 0 spiro atoms. The van der Waals surface area contributed by atoms with E-state index < -0.39 is 0 Å². The average Bonchev–Trinajstić information content (AvgIpc) is 2.67. The van der Waals surface area contributed by atoms with E-state index in [4.69, 9.17) is 5.84 Å². The number of hydrogen-bond donors (Lipinski definition) is 2. The third kappa shape index (κ3) is 2.61. The molecule has 0 radical (unpaired) electrons. The van der Waals surface area contributed by atoms with Gasteiger partial charge in [0.05, 0.1) is 11.3 Å². The molecule has 1 heterocycles. The number of amides is 1. The smallest absolute Gasteiger partial charge is 0.267 e. The summed E-state index contributed by atoms with van der Waals surface area (Å²) in [5, 5.41) is 0. The first kappa shape index (κ1) is 14.3. The highest BCUT2D eigenvalue weighted by molar-refractivity contribution is 9.11. The topological polar surface area (TPSA) is 60.1 Å². The average molecular weight is 387 g/mol. The van der Waals surface area contributed by atoms with Gasteiger partial charge >= 0.3 is 0 Å². The van der Waals surface area contributed by atoms with Crippen molar-refractivity contribution in [2.45, 2.75) is 13.8 Å². The van der Waals surface area contributed by atoms with Gasteiger partial charge in [-0.25, -0.2) is 5.84 Å². The first-order chi connectivity index (χ1) is 8.95. The van der Waals surface area contributed by atoms with Crippen LogP contribution in [0.15, 0.2) is 33.2 Å². The molecule has 100 valence electrons. The van der Waals surface area contributed by atoms with Crippen molar-refractivity contribution in [1.82, 2.24) is 9.99 Å². The van der Waals surface area contributed by atoms with Crippen molar-refractivity contribution in [3.63, 3.8) is 0 Å². The summed E-state index contributed by atoms with van der Waals surface area (Å²) in [4.78, 5) is 11.7. The molecule has 0 aliphatic carbocycles. The van der Waals surface area contributed by atoms with Crippen molar-refractivity contribution in [3.05, 3.63) is 50.2 Å². The number of halogens is 2. The molecule has 1 amide bonds. The molecule has 2 aromatic rings. The van der Waals surface area contributed by atoms with Crippen LogP contribution in [-0.4, -0.2) is 10.5 Å². The Labute approximate surface area is 128 Å². The Morgan fingerprint density at radius 1 is 1.26 bits per heavy atom. The maximum absolute atomic E-state index is 11.7. The summed E-state index contributed by atoms with van der Waals surface area (Å²) in [7, 11) is 0. The van der Waals surface area contributed by atoms with Gasteiger partial charge < -0.3 is 4.57 Å². The first-order valence-electron chi connectivity index (χ1n) is 5.61. The molecule has 19 heavy (non-hydrogen) atoms. The summed E-state index contributed by atoms with van der Waals surface area (Å²) in [5.74, 6) is 4.91. The number of nitrogens with one attached hydrogen (secondary N) is 1. The number of carbonyl (C=O) groups is 1. The van der Waals surface area contributed by atoms with Crippen LogP contribution in [0.1, 0.15) is 21.7 Å². The lowest BCUT2D eigenvalue weighted by atomic mass is 10.2. The van der Waals surface area contributed by atoms with E-state index in [1.165, 1.54) is 0 Å². The lowest BCUT2D eigenvalue weighted by Gasteiger charge is -2.12. The van der Waals surface area contributed by atoms with Gasteiger partial charge in [0.15, 0.2) is 0 Å². The minimum absolute atomic E-state index is 0.287. The molecule has 1 aromatic carbocycles. The van der Waals surface area contributed by atoms with Gasteiger partial charge in [-0.05, 0) is 54.0 Å². The molecule has 2 rings (SSSR count).